The molecule has 0 amide bonds. The molecule has 0 spiro atoms. The molecule has 0 saturated heterocycles. The van der Waals surface area contributed by atoms with Crippen LogP contribution in [0.4, 0.5) is 0 Å². The fourth-order valence-electron chi connectivity index (χ4n) is 3.01. The summed E-state index contributed by atoms with van der Waals surface area (Å²) in [6.45, 7) is 2.26. The molecule has 0 fully saturated rings. The molecule has 1 heterocycles. The molecule has 3 rings (SSSR count). The van der Waals surface area contributed by atoms with E-state index in [1.54, 1.807) is 20.1 Å². The van der Waals surface area contributed by atoms with Crippen LogP contribution in [0.5, 0.6) is 17.2 Å². The predicted molar refractivity (Wildman–Crippen MR) is 93.1 cm³/mol. The number of allylic oxidation sites excluding steroid dienone is 1. The molecule has 2 aromatic rings. The topological polar surface area (TPSA) is 63.0 Å². The van der Waals surface area contributed by atoms with E-state index < -0.39 is 0 Å². The van der Waals surface area contributed by atoms with Crippen molar-refractivity contribution in [3.8, 4) is 17.2 Å². The normalized spacial score (nSPS) is 14.8. The van der Waals surface area contributed by atoms with Crippen molar-refractivity contribution in [1.82, 2.24) is 0 Å². The van der Waals surface area contributed by atoms with Gasteiger partial charge < -0.3 is 19.5 Å². The van der Waals surface area contributed by atoms with Gasteiger partial charge in [-0.1, -0.05) is 30.0 Å². The van der Waals surface area contributed by atoms with Crippen LogP contribution in [-0.4, -0.2) is 27.0 Å². The van der Waals surface area contributed by atoms with Gasteiger partial charge in [-0.3, -0.25) is 4.79 Å². The number of benzene rings is 2. The highest BCUT2D eigenvalue weighted by molar-refractivity contribution is 6.16. The molecular weight excluding hydrogens is 318 g/mol. The van der Waals surface area contributed by atoms with Crippen LogP contribution in [0.1, 0.15) is 27.0 Å². The summed E-state index contributed by atoms with van der Waals surface area (Å²) in [5.74, 6) is 0.972. The Bertz CT molecular complexity index is 868. The molecule has 0 unspecified atom stereocenters. The molecule has 130 valence electrons. The first-order valence-electron chi connectivity index (χ1n) is 8.12. The lowest BCUT2D eigenvalue weighted by molar-refractivity contribution is -0.872. The van der Waals surface area contributed by atoms with Crippen LogP contribution in [0.25, 0.3) is 6.08 Å². The number of carbonyl (C=O) groups excluding carboxylic acids is 1. The van der Waals surface area contributed by atoms with Crippen molar-refractivity contribution < 1.29 is 24.3 Å². The number of aryl methyl sites for hydroxylation is 1. The second kappa shape index (κ2) is 6.61. The van der Waals surface area contributed by atoms with Crippen LogP contribution in [0.15, 0.2) is 36.1 Å². The van der Waals surface area contributed by atoms with Gasteiger partial charge in [0, 0.05) is 11.1 Å². The third kappa shape index (κ3) is 3.10. The molecule has 5 heteroatoms. The number of methoxy groups -OCH3 is 1. The standard InChI is InChI=1S/C20H21NO4/c1-12-9-15(22)14(11-21(2)3)20-18(12)19(23)17(25-20)10-13-7-5-6-8-16(13)24-4/h5-10,22H,11H2,1-4H3. The molecule has 0 radical (unpaired) electrons. The van der Waals surface area contributed by atoms with Gasteiger partial charge in [0.25, 0.3) is 0 Å². The Morgan fingerprint density at radius 3 is 2.68 bits per heavy atom. The first kappa shape index (κ1) is 17.0. The number of fused-ring (bicyclic) bond motifs is 1. The number of hydrogen-bond acceptors (Lipinski definition) is 4. The van der Waals surface area contributed by atoms with Crippen LogP contribution in [0, 0.1) is 6.92 Å². The van der Waals surface area contributed by atoms with E-state index in [2.05, 4.69) is 0 Å². The Kier molecular flexibility index (Phi) is 4.51. The zero-order valence-electron chi connectivity index (χ0n) is 14.8. The van der Waals surface area contributed by atoms with Crippen molar-refractivity contribution >= 4 is 11.9 Å². The van der Waals surface area contributed by atoms with E-state index in [4.69, 9.17) is 9.47 Å². The number of carbonyl (C=O) groups is 1. The van der Waals surface area contributed by atoms with E-state index >= 15 is 0 Å². The zero-order valence-corrected chi connectivity index (χ0v) is 14.8. The lowest BCUT2D eigenvalue weighted by Gasteiger charge is -2.19. The minimum atomic E-state index is -0.201. The smallest absolute Gasteiger partial charge is 0.232 e. The second-order valence-corrected chi connectivity index (χ2v) is 6.44. The fourth-order valence-corrected chi connectivity index (χ4v) is 3.01. The van der Waals surface area contributed by atoms with Crippen LogP contribution < -0.4 is 19.5 Å². The van der Waals surface area contributed by atoms with Gasteiger partial charge in [-0.2, -0.15) is 0 Å². The third-order valence-electron chi connectivity index (χ3n) is 4.16. The highest BCUT2D eigenvalue weighted by Crippen LogP contribution is 2.40. The van der Waals surface area contributed by atoms with Crippen molar-refractivity contribution in [2.75, 3.05) is 21.2 Å². The molecule has 1 aliphatic heterocycles. The minimum Gasteiger partial charge on any atom is -0.872 e. The summed E-state index contributed by atoms with van der Waals surface area (Å²) in [6, 6.07) is 8.91. The Morgan fingerprint density at radius 2 is 2.00 bits per heavy atom. The molecule has 1 N–H and O–H groups in total. The maximum atomic E-state index is 12.8. The Labute approximate surface area is 147 Å². The minimum absolute atomic E-state index is 0.0937. The SMILES string of the molecule is COc1ccccc1C=C1Oc2c(C[NH+](C)C)c([O-])cc(C)c2C1=O. The van der Waals surface area contributed by atoms with Crippen LogP contribution in [0.2, 0.25) is 0 Å². The molecule has 0 atom stereocenters. The highest BCUT2D eigenvalue weighted by Gasteiger charge is 2.32. The first-order chi connectivity index (χ1) is 11.9. The number of ketones is 1. The maximum Gasteiger partial charge on any atom is 0.232 e. The molecule has 0 bridgehead atoms. The lowest BCUT2D eigenvalue weighted by Crippen LogP contribution is -3.04. The average Bonchev–Trinajstić information content (AvgIpc) is 2.89. The summed E-state index contributed by atoms with van der Waals surface area (Å²) in [7, 11) is 5.48. The van der Waals surface area contributed by atoms with E-state index in [9.17, 15) is 9.90 Å². The average molecular weight is 339 g/mol. The molecule has 0 saturated carbocycles. The van der Waals surface area contributed by atoms with Crippen molar-refractivity contribution in [1.29, 1.82) is 0 Å². The van der Waals surface area contributed by atoms with E-state index in [0.717, 1.165) is 10.5 Å². The summed E-state index contributed by atoms with van der Waals surface area (Å²) < 4.78 is 11.2. The summed E-state index contributed by atoms with van der Waals surface area (Å²) in [5.41, 5.74) is 2.42. The summed E-state index contributed by atoms with van der Waals surface area (Å²) in [5, 5.41) is 12.4. The zero-order chi connectivity index (χ0) is 18.1. The molecule has 25 heavy (non-hydrogen) atoms. The van der Waals surface area contributed by atoms with Crippen LogP contribution in [-0.2, 0) is 6.54 Å². The van der Waals surface area contributed by atoms with E-state index in [0.29, 0.717) is 34.7 Å². The van der Waals surface area contributed by atoms with Crippen LogP contribution >= 0.6 is 0 Å². The van der Waals surface area contributed by atoms with Crippen LogP contribution in [0.3, 0.4) is 0 Å². The summed E-state index contributed by atoms with van der Waals surface area (Å²) in [4.78, 5) is 13.9. The molecule has 0 aromatic heterocycles. The molecule has 5 nitrogen and oxygen atoms in total. The van der Waals surface area contributed by atoms with Gasteiger partial charge in [0.1, 0.15) is 18.0 Å². The number of nitrogens with one attached hydrogen (secondary N) is 1. The summed E-state index contributed by atoms with van der Waals surface area (Å²) in [6.07, 6.45) is 1.66. The van der Waals surface area contributed by atoms with Gasteiger partial charge in [0.2, 0.25) is 5.78 Å². The van der Waals surface area contributed by atoms with Crippen molar-refractivity contribution in [2.45, 2.75) is 13.5 Å². The summed E-state index contributed by atoms with van der Waals surface area (Å²) >= 11 is 0. The number of quaternary nitrogens is 1. The van der Waals surface area contributed by atoms with E-state index in [1.807, 2.05) is 38.4 Å². The maximum absolute atomic E-state index is 12.8. The molecular formula is C20H21NO4. The van der Waals surface area contributed by atoms with E-state index in [1.165, 1.54) is 6.07 Å². The van der Waals surface area contributed by atoms with Gasteiger partial charge in [0.05, 0.1) is 26.8 Å². The monoisotopic (exact) mass is 339 g/mol. The van der Waals surface area contributed by atoms with Gasteiger partial charge in [-0.05, 0) is 24.6 Å². The molecule has 2 aromatic carbocycles. The predicted octanol–water partition coefficient (Wildman–Crippen LogP) is 1.34. The van der Waals surface area contributed by atoms with Gasteiger partial charge in [0.15, 0.2) is 5.76 Å². The Balaban J connectivity index is 2.09. The van der Waals surface area contributed by atoms with Crippen molar-refractivity contribution in [3.63, 3.8) is 0 Å². The quantitative estimate of drug-likeness (QED) is 0.854. The van der Waals surface area contributed by atoms with Crippen molar-refractivity contribution in [3.05, 3.63) is 58.3 Å². The van der Waals surface area contributed by atoms with Gasteiger partial charge in [-0.25, -0.2) is 0 Å². The fraction of sp³-hybridized carbons (Fsp3) is 0.250. The number of rotatable bonds is 4. The second-order valence-electron chi connectivity index (χ2n) is 6.44. The van der Waals surface area contributed by atoms with Crippen molar-refractivity contribution in [2.24, 2.45) is 0 Å². The van der Waals surface area contributed by atoms with Gasteiger partial charge in [-0.15, -0.1) is 0 Å². The number of ether oxygens (including phenoxy) is 2. The Morgan fingerprint density at radius 1 is 1.28 bits per heavy atom. The third-order valence-corrected chi connectivity index (χ3v) is 4.16. The largest absolute Gasteiger partial charge is 0.872 e. The van der Waals surface area contributed by atoms with Gasteiger partial charge >= 0.3 is 0 Å². The Hall–Kier alpha value is -2.79. The van der Waals surface area contributed by atoms with E-state index in [-0.39, 0.29) is 17.3 Å². The number of Topliss-reactive ketones (excluding diaryl/α,β-unsaturated/α-hetero) is 1. The molecule has 1 aliphatic rings. The first-order valence-corrected chi connectivity index (χ1v) is 8.12. The number of hydrogen-bond donors (Lipinski definition) is 1. The lowest BCUT2D eigenvalue weighted by atomic mass is 9.99. The number of para-hydroxylation sites is 1. The molecule has 0 aliphatic carbocycles. The highest BCUT2D eigenvalue weighted by atomic mass is 16.5.